The highest BCUT2D eigenvalue weighted by Crippen LogP contribution is 2.41. The molecule has 2 unspecified atom stereocenters. The molecule has 0 spiro atoms. The summed E-state index contributed by atoms with van der Waals surface area (Å²) in [5, 5.41) is 3.24. The third-order valence-electron chi connectivity index (χ3n) is 4.71. The summed E-state index contributed by atoms with van der Waals surface area (Å²) in [7, 11) is 1.95. The normalized spacial score (nSPS) is 25.4. The fraction of sp³-hybridized carbons (Fsp3) is 0.750. The van der Waals surface area contributed by atoms with Crippen LogP contribution in [0.5, 0.6) is 0 Å². The summed E-state index contributed by atoms with van der Waals surface area (Å²) in [5.41, 5.74) is 1.17. The first-order chi connectivity index (χ1) is 9.40. The molecule has 2 fully saturated rings. The molecule has 3 rings (SSSR count). The monoisotopic (exact) mass is 274 g/mol. The van der Waals surface area contributed by atoms with Gasteiger partial charge in [0.25, 0.3) is 0 Å². The van der Waals surface area contributed by atoms with Crippen LogP contribution in [-0.2, 0) is 5.41 Å². The maximum Gasteiger partial charge on any atom is 0.138 e. The molecule has 0 amide bonds. The summed E-state index contributed by atoms with van der Waals surface area (Å²) in [4.78, 5) is 12.2. The summed E-state index contributed by atoms with van der Waals surface area (Å²) in [5.74, 6) is 3.94. The maximum absolute atomic E-state index is 4.93. The van der Waals surface area contributed by atoms with Crippen LogP contribution in [-0.4, -0.2) is 29.6 Å². The van der Waals surface area contributed by atoms with Crippen molar-refractivity contribution in [1.82, 2.24) is 9.97 Å². The topological polar surface area (TPSA) is 41.1 Å². The van der Waals surface area contributed by atoms with Gasteiger partial charge in [0, 0.05) is 30.6 Å². The Morgan fingerprint density at radius 3 is 2.45 bits per heavy atom. The van der Waals surface area contributed by atoms with Gasteiger partial charge in [-0.3, -0.25) is 0 Å². The lowest BCUT2D eigenvalue weighted by Gasteiger charge is -2.31. The average Bonchev–Trinajstić information content (AvgIpc) is 2.99. The van der Waals surface area contributed by atoms with Crippen LogP contribution < -0.4 is 10.2 Å². The number of nitrogens with zero attached hydrogens (tertiary/aromatic N) is 3. The fourth-order valence-corrected chi connectivity index (χ4v) is 3.55. The third kappa shape index (κ3) is 2.15. The van der Waals surface area contributed by atoms with Gasteiger partial charge in [-0.05, 0) is 32.1 Å². The van der Waals surface area contributed by atoms with E-state index in [1.165, 1.54) is 31.4 Å². The SMILES string of the molecule is CNc1nc(C(C)(C)C)nc(N2CC3CCC2C3)c1C. The molecule has 1 aromatic rings. The standard InChI is InChI=1S/C16H26N4/c1-10-13(17-5)18-15(16(2,3)4)19-14(10)20-9-11-6-7-12(20)8-11/h11-12H,6-9H2,1-5H3,(H,17,18,19). The van der Waals surface area contributed by atoms with Crippen LogP contribution in [0.4, 0.5) is 11.6 Å². The summed E-state index contributed by atoms with van der Waals surface area (Å²) >= 11 is 0. The van der Waals surface area contributed by atoms with E-state index in [1.807, 2.05) is 7.05 Å². The van der Waals surface area contributed by atoms with Crippen molar-refractivity contribution in [2.24, 2.45) is 5.92 Å². The molecule has 20 heavy (non-hydrogen) atoms. The van der Waals surface area contributed by atoms with E-state index >= 15 is 0 Å². The van der Waals surface area contributed by atoms with Gasteiger partial charge in [-0.1, -0.05) is 20.8 Å². The molecule has 1 saturated carbocycles. The van der Waals surface area contributed by atoms with Gasteiger partial charge in [0.1, 0.15) is 17.5 Å². The molecule has 0 radical (unpaired) electrons. The molecule has 2 heterocycles. The highest BCUT2D eigenvalue weighted by molar-refractivity contribution is 5.60. The summed E-state index contributed by atoms with van der Waals surface area (Å²) in [6.07, 6.45) is 4.08. The molecular weight excluding hydrogens is 248 g/mol. The Bertz CT molecular complexity index is 518. The average molecular weight is 274 g/mol. The Morgan fingerprint density at radius 2 is 1.95 bits per heavy atom. The second-order valence-corrected chi connectivity index (χ2v) is 7.33. The van der Waals surface area contributed by atoms with Crippen LogP contribution in [0.1, 0.15) is 51.4 Å². The number of hydrogen-bond acceptors (Lipinski definition) is 4. The Hall–Kier alpha value is -1.32. The largest absolute Gasteiger partial charge is 0.373 e. The van der Waals surface area contributed by atoms with Crippen LogP contribution >= 0.6 is 0 Å². The highest BCUT2D eigenvalue weighted by Gasteiger charge is 2.39. The van der Waals surface area contributed by atoms with Gasteiger partial charge in [0.05, 0.1) is 0 Å². The Kier molecular flexibility index (Phi) is 3.14. The number of hydrogen-bond donors (Lipinski definition) is 1. The predicted octanol–water partition coefficient (Wildman–Crippen LogP) is 3.11. The van der Waals surface area contributed by atoms with Crippen molar-refractivity contribution >= 4 is 11.6 Å². The van der Waals surface area contributed by atoms with Gasteiger partial charge in [-0.2, -0.15) is 0 Å². The van der Waals surface area contributed by atoms with Crippen molar-refractivity contribution in [3.05, 3.63) is 11.4 Å². The fourth-order valence-electron chi connectivity index (χ4n) is 3.55. The first-order valence-corrected chi connectivity index (χ1v) is 7.73. The van der Waals surface area contributed by atoms with Crippen molar-refractivity contribution in [2.45, 2.75) is 58.4 Å². The number of nitrogens with one attached hydrogen (secondary N) is 1. The molecule has 2 bridgehead atoms. The van der Waals surface area contributed by atoms with Crippen molar-refractivity contribution in [3.8, 4) is 0 Å². The van der Waals surface area contributed by atoms with E-state index in [9.17, 15) is 0 Å². The van der Waals surface area contributed by atoms with Crippen LogP contribution in [0, 0.1) is 12.8 Å². The van der Waals surface area contributed by atoms with Gasteiger partial charge >= 0.3 is 0 Å². The molecule has 0 aromatic carbocycles. The number of fused-ring (bicyclic) bond motifs is 2. The van der Waals surface area contributed by atoms with Gasteiger partial charge in [0.15, 0.2) is 0 Å². The molecule has 1 aromatic heterocycles. The lowest BCUT2D eigenvalue weighted by Crippen LogP contribution is -2.34. The molecular formula is C16H26N4. The Labute approximate surface area is 122 Å². The Morgan fingerprint density at radius 1 is 1.20 bits per heavy atom. The predicted molar refractivity (Wildman–Crippen MR) is 83.5 cm³/mol. The van der Waals surface area contributed by atoms with Gasteiger partial charge < -0.3 is 10.2 Å². The number of rotatable bonds is 2. The molecule has 2 aliphatic rings. The zero-order valence-corrected chi connectivity index (χ0v) is 13.3. The van der Waals surface area contributed by atoms with Gasteiger partial charge in [-0.15, -0.1) is 0 Å². The van der Waals surface area contributed by atoms with E-state index in [0.29, 0.717) is 6.04 Å². The van der Waals surface area contributed by atoms with Gasteiger partial charge in [0.2, 0.25) is 0 Å². The minimum Gasteiger partial charge on any atom is -0.373 e. The minimum atomic E-state index is -0.0210. The lowest BCUT2D eigenvalue weighted by molar-refractivity contribution is 0.529. The van der Waals surface area contributed by atoms with Gasteiger partial charge in [-0.25, -0.2) is 9.97 Å². The molecule has 1 aliphatic heterocycles. The molecule has 4 nitrogen and oxygen atoms in total. The number of aromatic nitrogens is 2. The van der Waals surface area contributed by atoms with E-state index in [0.717, 1.165) is 23.4 Å². The Balaban J connectivity index is 2.05. The number of anilines is 2. The highest BCUT2D eigenvalue weighted by atomic mass is 15.3. The van der Waals surface area contributed by atoms with E-state index in [4.69, 9.17) is 9.97 Å². The zero-order valence-electron chi connectivity index (χ0n) is 13.3. The maximum atomic E-state index is 4.93. The molecule has 1 N–H and O–H groups in total. The molecule has 1 saturated heterocycles. The lowest BCUT2D eigenvalue weighted by atomic mass is 9.95. The number of piperidine rings is 1. The van der Waals surface area contributed by atoms with Crippen molar-refractivity contribution in [2.75, 3.05) is 23.8 Å². The van der Waals surface area contributed by atoms with E-state index in [1.54, 1.807) is 0 Å². The van der Waals surface area contributed by atoms with Crippen LogP contribution in [0.2, 0.25) is 0 Å². The van der Waals surface area contributed by atoms with Crippen LogP contribution in [0.25, 0.3) is 0 Å². The molecule has 2 atom stereocenters. The molecule has 4 heteroatoms. The van der Waals surface area contributed by atoms with E-state index in [-0.39, 0.29) is 5.41 Å². The summed E-state index contributed by atoms with van der Waals surface area (Å²) < 4.78 is 0. The first kappa shape index (κ1) is 13.7. The second kappa shape index (κ2) is 4.61. The third-order valence-corrected chi connectivity index (χ3v) is 4.71. The second-order valence-electron chi connectivity index (χ2n) is 7.33. The summed E-state index contributed by atoms with van der Waals surface area (Å²) in [6.45, 7) is 9.85. The van der Waals surface area contributed by atoms with Crippen molar-refractivity contribution < 1.29 is 0 Å². The van der Waals surface area contributed by atoms with Crippen molar-refractivity contribution in [3.63, 3.8) is 0 Å². The molecule has 110 valence electrons. The van der Waals surface area contributed by atoms with E-state index < -0.39 is 0 Å². The van der Waals surface area contributed by atoms with E-state index in [2.05, 4.69) is 37.9 Å². The van der Waals surface area contributed by atoms with Crippen molar-refractivity contribution in [1.29, 1.82) is 0 Å². The first-order valence-electron chi connectivity index (χ1n) is 7.73. The quantitative estimate of drug-likeness (QED) is 0.899. The summed E-state index contributed by atoms with van der Waals surface area (Å²) in [6, 6.07) is 0.700. The smallest absolute Gasteiger partial charge is 0.138 e. The zero-order chi connectivity index (χ0) is 14.5. The van der Waals surface area contributed by atoms with Crippen LogP contribution in [0.3, 0.4) is 0 Å². The minimum absolute atomic E-state index is 0.0210. The van der Waals surface area contributed by atoms with Crippen LogP contribution in [0.15, 0.2) is 0 Å². The molecule has 1 aliphatic carbocycles.